The van der Waals surface area contributed by atoms with Crippen LogP contribution in [0.1, 0.15) is 52.9 Å². The van der Waals surface area contributed by atoms with E-state index in [0.29, 0.717) is 35.3 Å². The van der Waals surface area contributed by atoms with Gasteiger partial charge in [0, 0.05) is 19.5 Å². The molecular weight excluding hydrogens is 622 g/mol. The van der Waals surface area contributed by atoms with Crippen LogP contribution in [0, 0.1) is 5.82 Å². The Morgan fingerprint density at radius 3 is 2.78 bits per heavy atom. The summed E-state index contributed by atoms with van der Waals surface area (Å²) in [6.45, 7) is 11.4. The third-order valence-corrected chi connectivity index (χ3v) is 9.54. The van der Waals surface area contributed by atoms with Gasteiger partial charge in [-0.1, -0.05) is 17.7 Å². The Hall–Kier alpha value is -2.31. The average molecular weight is 656 g/mol. The Bertz CT molecular complexity index is 1400. The number of piperazine rings is 1. The van der Waals surface area contributed by atoms with Crippen LogP contribution in [0.5, 0.6) is 6.01 Å². The number of ether oxygens (including phenoxy) is 2. The number of carbonyl (C=O) groups excluding carboxylic acids is 1. The number of fused-ring (bicyclic) bond motifs is 4. The van der Waals surface area contributed by atoms with Gasteiger partial charge in [-0.05, 0) is 68.9 Å². The molecule has 0 aliphatic carbocycles. The summed E-state index contributed by atoms with van der Waals surface area (Å²) in [5.74, 6) is -0.379. The summed E-state index contributed by atoms with van der Waals surface area (Å²) in [5.41, 5.74) is -1.08. The number of aromatic nitrogens is 3. The van der Waals surface area contributed by atoms with E-state index in [1.807, 2.05) is 25.7 Å². The number of pyridine rings is 1. The molecule has 6 heterocycles. The minimum absolute atomic E-state index is 0.0196. The van der Waals surface area contributed by atoms with Crippen LogP contribution in [-0.2, 0) is 4.74 Å². The maximum atomic E-state index is 15.5. The number of hydrogen-bond acceptors (Lipinski definition) is 8. The lowest BCUT2D eigenvalue weighted by Gasteiger charge is -2.46. The Kier molecular flexibility index (Phi) is 7.34. The molecule has 6 rings (SSSR count). The van der Waals surface area contributed by atoms with E-state index < -0.39 is 23.1 Å². The zero-order valence-electron chi connectivity index (χ0n) is 23.4. The monoisotopic (exact) mass is 654 g/mol. The topological polar surface area (TPSA) is 83.9 Å². The zero-order valence-corrected chi connectivity index (χ0v) is 25.7. The minimum atomic E-state index is -0.907. The van der Waals surface area contributed by atoms with Gasteiger partial charge in [0.2, 0.25) is 0 Å². The van der Waals surface area contributed by atoms with E-state index in [0.717, 1.165) is 32.2 Å². The summed E-state index contributed by atoms with van der Waals surface area (Å²) in [7, 11) is 0. The molecule has 4 aliphatic heterocycles. The van der Waals surface area contributed by atoms with E-state index in [4.69, 9.17) is 26.1 Å². The molecule has 222 valence electrons. The maximum Gasteiger partial charge on any atom is 0.410 e. The molecule has 0 spiro atoms. The lowest BCUT2D eigenvalue weighted by atomic mass is 9.95. The summed E-state index contributed by atoms with van der Waals surface area (Å²) >= 11 is 9.56. The molecule has 41 heavy (non-hydrogen) atoms. The van der Waals surface area contributed by atoms with Gasteiger partial charge >= 0.3 is 12.1 Å². The molecule has 0 aromatic carbocycles. The van der Waals surface area contributed by atoms with Crippen LogP contribution >= 0.6 is 27.5 Å². The smallest absolute Gasteiger partial charge is 0.410 e. The number of amides is 1. The van der Waals surface area contributed by atoms with Gasteiger partial charge in [-0.15, -0.1) is 6.58 Å². The van der Waals surface area contributed by atoms with Crippen molar-refractivity contribution in [2.75, 3.05) is 31.1 Å². The van der Waals surface area contributed by atoms with Gasteiger partial charge in [0.1, 0.15) is 34.3 Å². The molecule has 0 saturated carbocycles. The molecule has 4 saturated heterocycles. The Balaban J connectivity index is 1.38. The number of rotatable bonds is 5. The second-order valence-electron chi connectivity index (χ2n) is 12.5. The van der Waals surface area contributed by atoms with Crippen LogP contribution in [0.3, 0.4) is 0 Å². The van der Waals surface area contributed by atoms with Crippen molar-refractivity contribution in [1.82, 2.24) is 24.8 Å². The molecule has 0 radical (unpaired) electrons. The molecular formula is C28H34BrClF2N6O3. The minimum Gasteiger partial charge on any atom is -0.461 e. The third-order valence-electron chi connectivity index (χ3n) is 8.72. The number of nitrogens with zero attached hydrogens (tertiary/aromatic N) is 6. The number of alkyl halides is 1. The average Bonchev–Trinajstić information content (AvgIpc) is 3.53. The van der Waals surface area contributed by atoms with Crippen LogP contribution in [0.4, 0.5) is 19.4 Å². The first-order chi connectivity index (χ1) is 19.4. The van der Waals surface area contributed by atoms with Crippen molar-refractivity contribution in [2.24, 2.45) is 0 Å². The Labute approximate surface area is 251 Å². The van der Waals surface area contributed by atoms with Gasteiger partial charge in [-0.25, -0.2) is 18.6 Å². The van der Waals surface area contributed by atoms with Crippen molar-refractivity contribution in [3.05, 3.63) is 28.2 Å². The molecule has 5 atom stereocenters. The lowest BCUT2D eigenvalue weighted by molar-refractivity contribution is 0.00952. The number of halogens is 4. The SMILES string of the molecule is C=C[C@@H]1[C@@H]2CC[C@H](CN1c1nc(OC[C@@]34CCCN3C[C@H](F)C4)nc3c(F)c(Cl)nc(Br)c13)N2C(=O)OC(C)(C)C. The van der Waals surface area contributed by atoms with Crippen LogP contribution in [0.2, 0.25) is 5.15 Å². The standard InChI is InChI=1S/C28H34BrClF2N6O3/c1-5-17-18-8-7-16(38(18)26(39)41-27(2,3)4)13-37(17)24-19-21(20(32)23(30)34-22(19)29)33-25(35-24)40-14-28-9-6-10-36(28)12-15(31)11-28/h5,15-18H,1,6-14H2,2-4H3/t15-,16-,17-,18+,28+/m1/s1. The summed E-state index contributed by atoms with van der Waals surface area (Å²) in [5, 5.41) is 0.0215. The number of carbonyl (C=O) groups is 1. The fourth-order valence-corrected chi connectivity index (χ4v) is 7.90. The van der Waals surface area contributed by atoms with Crippen molar-refractivity contribution in [3.63, 3.8) is 0 Å². The Morgan fingerprint density at radius 1 is 1.27 bits per heavy atom. The van der Waals surface area contributed by atoms with E-state index in [9.17, 15) is 9.18 Å². The van der Waals surface area contributed by atoms with Gasteiger partial charge in [-0.2, -0.15) is 9.97 Å². The first-order valence-electron chi connectivity index (χ1n) is 14.1. The highest BCUT2D eigenvalue weighted by molar-refractivity contribution is 9.10. The summed E-state index contributed by atoms with van der Waals surface area (Å²) < 4.78 is 42.0. The molecule has 2 aromatic heterocycles. The molecule has 0 N–H and O–H groups in total. The van der Waals surface area contributed by atoms with E-state index in [1.54, 1.807) is 11.0 Å². The number of anilines is 1. The molecule has 1 amide bonds. The largest absolute Gasteiger partial charge is 0.461 e. The highest BCUT2D eigenvalue weighted by Crippen LogP contribution is 2.43. The van der Waals surface area contributed by atoms with Crippen LogP contribution < -0.4 is 9.64 Å². The van der Waals surface area contributed by atoms with Crippen LogP contribution in [-0.4, -0.2) is 92.5 Å². The molecule has 0 unspecified atom stereocenters. The van der Waals surface area contributed by atoms with E-state index in [2.05, 4.69) is 37.4 Å². The molecule has 9 nitrogen and oxygen atoms in total. The second-order valence-corrected chi connectivity index (χ2v) is 13.6. The number of hydrogen-bond donors (Lipinski definition) is 0. The quantitative estimate of drug-likeness (QED) is 0.301. The van der Waals surface area contributed by atoms with Crippen molar-refractivity contribution >= 4 is 50.3 Å². The van der Waals surface area contributed by atoms with Crippen LogP contribution in [0.25, 0.3) is 10.9 Å². The van der Waals surface area contributed by atoms with E-state index in [-0.39, 0.29) is 47.5 Å². The second kappa shape index (κ2) is 10.4. The lowest BCUT2D eigenvalue weighted by Crippen LogP contribution is -2.61. The molecule has 13 heteroatoms. The van der Waals surface area contributed by atoms with E-state index >= 15 is 4.39 Å². The molecule has 4 aliphatic rings. The summed E-state index contributed by atoms with van der Waals surface area (Å²) in [4.78, 5) is 32.5. The molecule has 2 aromatic rings. The van der Waals surface area contributed by atoms with E-state index in [1.165, 1.54) is 0 Å². The molecule has 4 fully saturated rings. The third kappa shape index (κ3) is 5.03. The van der Waals surface area contributed by atoms with Gasteiger partial charge in [0.15, 0.2) is 11.0 Å². The predicted octanol–water partition coefficient (Wildman–Crippen LogP) is 5.68. The zero-order chi connectivity index (χ0) is 29.3. The van der Waals surface area contributed by atoms with Gasteiger partial charge in [0.25, 0.3) is 0 Å². The highest BCUT2D eigenvalue weighted by Gasteiger charge is 2.51. The highest BCUT2D eigenvalue weighted by atomic mass is 79.9. The van der Waals surface area contributed by atoms with Gasteiger partial charge < -0.3 is 14.4 Å². The Morgan fingerprint density at radius 2 is 2.05 bits per heavy atom. The summed E-state index contributed by atoms with van der Waals surface area (Å²) in [6, 6.07) is -0.724. The van der Waals surface area contributed by atoms with Gasteiger partial charge in [-0.3, -0.25) is 9.80 Å². The summed E-state index contributed by atoms with van der Waals surface area (Å²) in [6.07, 6.45) is 4.21. The van der Waals surface area contributed by atoms with Crippen molar-refractivity contribution < 1.29 is 23.0 Å². The molecule has 2 bridgehead atoms. The maximum absolute atomic E-state index is 15.5. The predicted molar refractivity (Wildman–Crippen MR) is 155 cm³/mol. The first-order valence-corrected chi connectivity index (χ1v) is 15.2. The fraction of sp³-hybridized carbons (Fsp3) is 0.643. The van der Waals surface area contributed by atoms with Crippen molar-refractivity contribution in [2.45, 2.75) is 88.3 Å². The van der Waals surface area contributed by atoms with Crippen molar-refractivity contribution in [3.8, 4) is 6.01 Å². The van der Waals surface area contributed by atoms with Gasteiger partial charge in [0.05, 0.1) is 29.1 Å². The first kappa shape index (κ1) is 28.8. The fourth-order valence-electron chi connectivity index (χ4n) is 7.08. The van der Waals surface area contributed by atoms with Crippen LogP contribution in [0.15, 0.2) is 17.3 Å². The van der Waals surface area contributed by atoms with Crippen molar-refractivity contribution in [1.29, 1.82) is 0 Å². The normalized spacial score (nSPS) is 29.7.